The van der Waals surface area contributed by atoms with E-state index in [2.05, 4.69) is 11.9 Å². The van der Waals surface area contributed by atoms with E-state index in [-0.39, 0.29) is 11.8 Å². The lowest BCUT2D eigenvalue weighted by molar-refractivity contribution is 0.0786. The first-order chi connectivity index (χ1) is 13.6. The van der Waals surface area contributed by atoms with Crippen LogP contribution in [0.25, 0.3) is 0 Å². The molecule has 0 fully saturated rings. The van der Waals surface area contributed by atoms with Gasteiger partial charge in [0.2, 0.25) is 5.82 Å². The minimum absolute atomic E-state index is 0.0825. The summed E-state index contributed by atoms with van der Waals surface area (Å²) in [7, 11) is 1.82. The molecule has 0 spiro atoms. The van der Waals surface area contributed by atoms with Crippen LogP contribution in [-0.4, -0.2) is 46.4 Å². The van der Waals surface area contributed by atoms with Gasteiger partial charge in [0.25, 0.3) is 11.8 Å². The average Bonchev–Trinajstić information content (AvgIpc) is 3.12. The van der Waals surface area contributed by atoms with Crippen LogP contribution >= 0.6 is 0 Å². The monoisotopic (exact) mass is 382 g/mol. The molecule has 0 aliphatic carbocycles. The number of unbranched alkanes of at least 4 members (excludes halogenated alkanes) is 1. The number of aromatic nitrogens is 2. The van der Waals surface area contributed by atoms with Crippen molar-refractivity contribution in [1.82, 2.24) is 14.5 Å². The highest BCUT2D eigenvalue weighted by molar-refractivity contribution is 6.05. The van der Waals surface area contributed by atoms with Crippen molar-refractivity contribution < 1.29 is 9.59 Å². The van der Waals surface area contributed by atoms with Crippen LogP contribution in [-0.2, 0) is 13.0 Å². The summed E-state index contributed by atoms with van der Waals surface area (Å²) in [6.45, 7) is 6.05. The summed E-state index contributed by atoms with van der Waals surface area (Å²) in [5.41, 5.74) is 2.20. The first-order valence-corrected chi connectivity index (χ1v) is 10.3. The molecule has 0 N–H and O–H groups in total. The zero-order chi connectivity index (χ0) is 20.1. The number of para-hydroxylation sites is 1. The summed E-state index contributed by atoms with van der Waals surface area (Å²) < 4.78 is 1.97. The molecule has 3 rings (SSSR count). The van der Waals surface area contributed by atoms with Crippen molar-refractivity contribution in [2.75, 3.05) is 25.0 Å². The molecule has 0 unspecified atom stereocenters. The van der Waals surface area contributed by atoms with Crippen LogP contribution in [0.4, 0.5) is 5.69 Å². The number of hydrogen-bond acceptors (Lipinski definition) is 3. The van der Waals surface area contributed by atoms with Crippen molar-refractivity contribution in [2.24, 2.45) is 0 Å². The van der Waals surface area contributed by atoms with E-state index in [4.69, 9.17) is 0 Å². The number of hydrogen-bond donors (Lipinski definition) is 0. The van der Waals surface area contributed by atoms with Gasteiger partial charge in [0, 0.05) is 32.4 Å². The lowest BCUT2D eigenvalue weighted by Gasteiger charge is -2.23. The summed E-state index contributed by atoms with van der Waals surface area (Å²) in [5, 5.41) is 0. The third-order valence-corrected chi connectivity index (χ3v) is 5.33. The zero-order valence-corrected chi connectivity index (χ0v) is 17.1. The second-order valence-corrected chi connectivity index (χ2v) is 7.30. The van der Waals surface area contributed by atoms with Crippen molar-refractivity contribution in [1.29, 1.82) is 0 Å². The van der Waals surface area contributed by atoms with E-state index in [0.29, 0.717) is 24.6 Å². The van der Waals surface area contributed by atoms with Crippen molar-refractivity contribution in [3.05, 3.63) is 47.5 Å². The fourth-order valence-corrected chi connectivity index (χ4v) is 3.73. The van der Waals surface area contributed by atoms with Gasteiger partial charge in [0.15, 0.2) is 0 Å². The number of carbonyl (C=O) groups excluding carboxylic acids is 2. The minimum Gasteiger partial charge on any atom is -0.340 e. The third-order valence-electron chi connectivity index (χ3n) is 5.33. The van der Waals surface area contributed by atoms with E-state index in [1.54, 1.807) is 9.80 Å². The Morgan fingerprint density at radius 2 is 1.86 bits per heavy atom. The van der Waals surface area contributed by atoms with Gasteiger partial charge >= 0.3 is 0 Å². The van der Waals surface area contributed by atoms with Crippen LogP contribution < -0.4 is 4.90 Å². The van der Waals surface area contributed by atoms with Gasteiger partial charge in [-0.2, -0.15) is 0 Å². The standard InChI is InChI=1S/C22H30N4O2/c1-4-6-15-24(3)21(27)19-18-14-10-11-16-26(18)20(23-19)22(28)25(5-2)17-12-8-7-9-13-17/h7-9,12-13H,4-6,10-11,14-16H2,1-3H3. The number of imidazole rings is 1. The first-order valence-electron chi connectivity index (χ1n) is 10.3. The molecule has 150 valence electrons. The number of carbonyl (C=O) groups is 2. The van der Waals surface area contributed by atoms with E-state index >= 15 is 0 Å². The topological polar surface area (TPSA) is 58.4 Å². The van der Waals surface area contributed by atoms with Gasteiger partial charge in [-0.25, -0.2) is 4.98 Å². The molecule has 2 amide bonds. The van der Waals surface area contributed by atoms with Crippen LogP contribution in [0.3, 0.4) is 0 Å². The maximum Gasteiger partial charge on any atom is 0.294 e. The highest BCUT2D eigenvalue weighted by Crippen LogP contribution is 2.24. The second-order valence-electron chi connectivity index (χ2n) is 7.30. The molecule has 2 heterocycles. The lowest BCUT2D eigenvalue weighted by atomic mass is 10.1. The van der Waals surface area contributed by atoms with Crippen molar-refractivity contribution in [3.63, 3.8) is 0 Å². The predicted molar refractivity (Wildman–Crippen MR) is 111 cm³/mol. The minimum atomic E-state index is -0.146. The summed E-state index contributed by atoms with van der Waals surface area (Å²) in [5.74, 6) is 0.153. The van der Waals surface area contributed by atoms with Crippen LogP contribution in [0.2, 0.25) is 0 Å². The fourth-order valence-electron chi connectivity index (χ4n) is 3.73. The highest BCUT2D eigenvalue weighted by atomic mass is 16.2. The first kappa shape index (κ1) is 20.1. The number of nitrogens with zero attached hydrogens (tertiary/aromatic N) is 4. The normalized spacial score (nSPS) is 13.1. The Labute approximate surface area is 167 Å². The van der Waals surface area contributed by atoms with Gasteiger partial charge in [-0.3, -0.25) is 9.59 Å². The highest BCUT2D eigenvalue weighted by Gasteiger charge is 2.30. The Bertz CT molecular complexity index is 829. The number of rotatable bonds is 7. The van der Waals surface area contributed by atoms with Gasteiger partial charge in [0.05, 0.1) is 5.69 Å². The molecule has 0 radical (unpaired) electrons. The maximum atomic E-state index is 13.3. The average molecular weight is 383 g/mol. The molecule has 0 saturated carbocycles. The van der Waals surface area contributed by atoms with Gasteiger partial charge in [-0.15, -0.1) is 0 Å². The zero-order valence-electron chi connectivity index (χ0n) is 17.1. The largest absolute Gasteiger partial charge is 0.340 e. The third kappa shape index (κ3) is 3.96. The van der Waals surface area contributed by atoms with Crippen molar-refractivity contribution in [2.45, 2.75) is 52.5 Å². The molecular formula is C22H30N4O2. The van der Waals surface area contributed by atoms with Gasteiger partial charge in [0.1, 0.15) is 5.69 Å². The molecule has 1 aliphatic rings. The molecule has 0 saturated heterocycles. The van der Waals surface area contributed by atoms with Crippen molar-refractivity contribution >= 4 is 17.5 Å². The Balaban J connectivity index is 1.96. The molecule has 6 nitrogen and oxygen atoms in total. The molecule has 1 aliphatic heterocycles. The second kappa shape index (κ2) is 9.04. The lowest BCUT2D eigenvalue weighted by Crippen LogP contribution is -2.33. The van der Waals surface area contributed by atoms with Crippen LogP contribution in [0.5, 0.6) is 0 Å². The fraction of sp³-hybridized carbons (Fsp3) is 0.500. The molecule has 2 aromatic rings. The smallest absolute Gasteiger partial charge is 0.294 e. The molecule has 28 heavy (non-hydrogen) atoms. The molecular weight excluding hydrogens is 352 g/mol. The molecule has 0 atom stereocenters. The Kier molecular flexibility index (Phi) is 6.49. The van der Waals surface area contributed by atoms with Gasteiger partial charge in [-0.1, -0.05) is 31.5 Å². The Hall–Kier alpha value is -2.63. The van der Waals surface area contributed by atoms with E-state index < -0.39 is 0 Å². The number of benzene rings is 1. The van der Waals surface area contributed by atoms with E-state index in [0.717, 1.165) is 50.0 Å². The van der Waals surface area contributed by atoms with E-state index in [1.807, 2.05) is 48.9 Å². The van der Waals surface area contributed by atoms with E-state index in [1.165, 1.54) is 0 Å². The molecule has 0 bridgehead atoms. The van der Waals surface area contributed by atoms with Crippen molar-refractivity contribution in [3.8, 4) is 0 Å². The molecule has 1 aromatic carbocycles. The molecule has 6 heteroatoms. The SMILES string of the molecule is CCCCN(C)C(=O)c1nc(C(=O)N(CC)c2ccccc2)n2c1CCCC2. The maximum absolute atomic E-state index is 13.3. The van der Waals surface area contributed by atoms with Gasteiger partial charge in [-0.05, 0) is 44.7 Å². The number of amides is 2. The van der Waals surface area contributed by atoms with Gasteiger partial charge < -0.3 is 14.4 Å². The number of fused-ring (bicyclic) bond motifs is 1. The van der Waals surface area contributed by atoms with Crippen LogP contribution in [0.15, 0.2) is 30.3 Å². The summed E-state index contributed by atoms with van der Waals surface area (Å²) >= 11 is 0. The van der Waals surface area contributed by atoms with E-state index in [9.17, 15) is 9.59 Å². The Morgan fingerprint density at radius 3 is 2.54 bits per heavy atom. The number of anilines is 1. The van der Waals surface area contributed by atoms with Crippen LogP contribution in [0, 0.1) is 0 Å². The Morgan fingerprint density at radius 1 is 1.11 bits per heavy atom. The summed E-state index contributed by atoms with van der Waals surface area (Å²) in [4.78, 5) is 34.4. The summed E-state index contributed by atoms with van der Waals surface area (Å²) in [6, 6.07) is 9.62. The summed E-state index contributed by atoms with van der Waals surface area (Å²) in [6.07, 6.45) is 4.81. The predicted octanol–water partition coefficient (Wildman–Crippen LogP) is 3.76. The quantitative estimate of drug-likeness (QED) is 0.733. The molecule has 1 aromatic heterocycles. The van der Waals surface area contributed by atoms with Crippen LogP contribution in [0.1, 0.15) is 66.3 Å².